The lowest BCUT2D eigenvalue weighted by Crippen LogP contribution is -1.88. The molecule has 1 aliphatic heterocycles. The van der Waals surface area contributed by atoms with E-state index in [1.807, 2.05) is 0 Å². The van der Waals surface area contributed by atoms with Gasteiger partial charge in [0, 0.05) is 27.6 Å². The molecule has 0 aromatic heterocycles. The van der Waals surface area contributed by atoms with Crippen LogP contribution >= 0.6 is 11.6 Å². The van der Waals surface area contributed by atoms with Gasteiger partial charge in [-0.05, 0) is 34.6 Å². The number of rotatable bonds is 0. The standard InChI is InChI=1S/C22H13ClO/c23-15-10-12-19-17-7-3-4-8-18(17)20-11-9-14-5-1-2-6-16(14)22(20)24-21(19)13-15/h1-13H/i1D,2D,3D,4D,5D,6D,7D,8D,9D,10D,11D,12D,13D. The minimum absolute atomic E-state index is 0.342. The maximum atomic E-state index is 8.74. The van der Waals surface area contributed by atoms with Crippen LogP contribution in [-0.4, -0.2) is 0 Å². The van der Waals surface area contributed by atoms with E-state index in [0.717, 1.165) is 0 Å². The van der Waals surface area contributed by atoms with Gasteiger partial charge in [-0.2, -0.15) is 0 Å². The van der Waals surface area contributed by atoms with Crippen LogP contribution in [0.15, 0.2) is 78.6 Å². The topological polar surface area (TPSA) is 9.23 Å². The van der Waals surface area contributed by atoms with E-state index in [4.69, 9.17) is 34.2 Å². The average molecular weight is 342 g/mol. The summed E-state index contributed by atoms with van der Waals surface area (Å²) >= 11 is 6.12. The van der Waals surface area contributed by atoms with Crippen LogP contribution in [-0.2, 0) is 0 Å². The van der Waals surface area contributed by atoms with Crippen molar-refractivity contribution in [2.75, 3.05) is 0 Å². The Kier molecular flexibility index (Phi) is 1.27. The highest BCUT2D eigenvalue weighted by Crippen LogP contribution is 2.49. The fraction of sp³-hybridized carbons (Fsp3) is 0. The van der Waals surface area contributed by atoms with Crippen molar-refractivity contribution in [1.29, 1.82) is 0 Å². The van der Waals surface area contributed by atoms with Crippen molar-refractivity contribution in [2.45, 2.75) is 0 Å². The Morgan fingerprint density at radius 3 is 2.29 bits per heavy atom. The highest BCUT2D eigenvalue weighted by Gasteiger charge is 2.22. The molecule has 4 aromatic carbocycles. The molecule has 24 heavy (non-hydrogen) atoms. The summed E-state index contributed by atoms with van der Waals surface area (Å²) < 4.78 is 115. The van der Waals surface area contributed by atoms with E-state index in [2.05, 4.69) is 0 Å². The van der Waals surface area contributed by atoms with Gasteiger partial charge in [-0.25, -0.2) is 0 Å². The Morgan fingerprint density at radius 1 is 0.708 bits per heavy atom. The first-order chi connectivity index (χ1) is 17.2. The van der Waals surface area contributed by atoms with E-state index in [-0.39, 0.29) is 33.0 Å². The fourth-order valence-electron chi connectivity index (χ4n) is 2.57. The zero-order valence-electron chi connectivity index (χ0n) is 24.8. The zero-order chi connectivity index (χ0) is 27.4. The molecule has 0 radical (unpaired) electrons. The fourth-order valence-corrected chi connectivity index (χ4v) is 2.70. The number of ether oxygens (including phenoxy) is 1. The summed E-state index contributed by atoms with van der Waals surface area (Å²) in [5, 5.41) is -1.18. The van der Waals surface area contributed by atoms with Gasteiger partial charge in [-0.3, -0.25) is 0 Å². The second-order valence-corrected chi connectivity index (χ2v) is 5.33. The van der Waals surface area contributed by atoms with Gasteiger partial charge >= 0.3 is 0 Å². The summed E-state index contributed by atoms with van der Waals surface area (Å²) in [6.07, 6.45) is 0. The monoisotopic (exact) mass is 341 g/mol. The van der Waals surface area contributed by atoms with Crippen LogP contribution in [0, 0.1) is 0 Å². The molecule has 114 valence electrons. The van der Waals surface area contributed by atoms with E-state index >= 15 is 0 Å². The molecule has 0 fully saturated rings. The van der Waals surface area contributed by atoms with Gasteiger partial charge in [0.1, 0.15) is 11.5 Å². The predicted molar refractivity (Wildman–Crippen MR) is 99.9 cm³/mol. The lowest BCUT2D eigenvalue weighted by molar-refractivity contribution is 0.493. The normalized spacial score (nSPS) is 19.5. The Morgan fingerprint density at radius 2 is 1.42 bits per heavy atom. The minimum Gasteiger partial charge on any atom is -0.455 e. The Balaban J connectivity index is 2.20. The Bertz CT molecular complexity index is 1750. The lowest BCUT2D eigenvalue weighted by Gasteiger charge is -2.12. The Labute approximate surface area is 163 Å². The summed E-state index contributed by atoms with van der Waals surface area (Å²) in [6, 6.07) is -8.37. The summed E-state index contributed by atoms with van der Waals surface area (Å²) in [4.78, 5) is 0. The van der Waals surface area contributed by atoms with E-state index in [1.54, 1.807) is 0 Å². The van der Waals surface area contributed by atoms with Crippen LogP contribution in [0.4, 0.5) is 0 Å². The number of hydrogen-bond acceptors (Lipinski definition) is 1. The minimum atomic E-state index is -0.697. The van der Waals surface area contributed by atoms with Crippen LogP contribution in [0.3, 0.4) is 0 Å². The molecule has 1 heterocycles. The van der Waals surface area contributed by atoms with Gasteiger partial charge in [0.05, 0.1) is 17.8 Å². The molecule has 0 spiro atoms. The largest absolute Gasteiger partial charge is 0.455 e. The molecule has 0 saturated carbocycles. The van der Waals surface area contributed by atoms with Gasteiger partial charge in [-0.1, -0.05) is 66.0 Å². The smallest absolute Gasteiger partial charge is 0.143 e. The molecule has 1 aliphatic rings. The molecule has 0 atom stereocenters. The maximum absolute atomic E-state index is 8.74. The van der Waals surface area contributed by atoms with Crippen molar-refractivity contribution in [3.05, 3.63) is 83.6 Å². The third-order valence-electron chi connectivity index (χ3n) is 3.59. The van der Waals surface area contributed by atoms with Crippen molar-refractivity contribution in [3.8, 4) is 33.8 Å². The third-order valence-corrected chi connectivity index (χ3v) is 3.78. The van der Waals surface area contributed by atoms with E-state index in [0.29, 0.717) is 0 Å². The van der Waals surface area contributed by atoms with E-state index < -0.39 is 95.1 Å². The summed E-state index contributed by atoms with van der Waals surface area (Å²) in [7, 11) is 0. The van der Waals surface area contributed by atoms with Gasteiger partial charge in [0.15, 0.2) is 0 Å². The molecule has 0 aliphatic carbocycles. The molecule has 1 nitrogen and oxygen atoms in total. The number of hydrogen-bond donors (Lipinski definition) is 0. The maximum Gasteiger partial charge on any atom is 0.143 e. The van der Waals surface area contributed by atoms with E-state index in [9.17, 15) is 0 Å². The molecule has 5 rings (SSSR count). The van der Waals surface area contributed by atoms with Crippen molar-refractivity contribution >= 4 is 22.4 Å². The second-order valence-electron chi connectivity index (χ2n) is 4.95. The molecular formula is C22H13ClO. The third kappa shape index (κ3) is 1.95. The SMILES string of the molecule is [2H]c1c([2H])c([2H])c2c(c1[2H])-c1c([2H])c([2H])c(Cl)c([2H])c1Oc1c-2c([2H])c([2H])c2c([2H])c([2H])c([2H])c([2H])c12. The molecule has 0 N–H and O–H groups in total. The number of benzene rings is 4. The van der Waals surface area contributed by atoms with Gasteiger partial charge in [0.25, 0.3) is 0 Å². The molecule has 0 amide bonds. The highest BCUT2D eigenvalue weighted by atomic mass is 35.5. The molecule has 4 aromatic rings. The predicted octanol–water partition coefficient (Wildman–Crippen LogP) is 6.93. The number of fused-ring (bicyclic) bond motifs is 7. The van der Waals surface area contributed by atoms with Crippen molar-refractivity contribution in [3.63, 3.8) is 0 Å². The van der Waals surface area contributed by atoms with Crippen molar-refractivity contribution in [2.24, 2.45) is 0 Å². The first-order valence-corrected chi connectivity index (χ1v) is 7.23. The van der Waals surface area contributed by atoms with Crippen molar-refractivity contribution < 1.29 is 22.6 Å². The highest BCUT2D eigenvalue weighted by molar-refractivity contribution is 6.30. The van der Waals surface area contributed by atoms with Crippen LogP contribution in [0.1, 0.15) is 17.8 Å². The van der Waals surface area contributed by atoms with Gasteiger partial charge in [0.2, 0.25) is 0 Å². The van der Waals surface area contributed by atoms with Gasteiger partial charge < -0.3 is 4.74 Å². The quantitative estimate of drug-likeness (QED) is 0.296. The first kappa shape index (κ1) is 5.94. The summed E-state index contributed by atoms with van der Waals surface area (Å²) in [5.74, 6) is -0.934. The molecule has 0 bridgehead atoms. The first-order valence-electron chi connectivity index (χ1n) is 13.3. The second kappa shape index (κ2) is 5.12. The summed E-state index contributed by atoms with van der Waals surface area (Å²) in [6.45, 7) is 0. The molecule has 0 saturated heterocycles. The number of halogens is 1. The molecule has 2 heteroatoms. The van der Waals surface area contributed by atoms with E-state index in [1.165, 1.54) is 0 Å². The summed E-state index contributed by atoms with van der Waals surface area (Å²) in [5.41, 5.74) is -1.45. The average Bonchev–Trinajstić information content (AvgIpc) is 3.03. The Hall–Kier alpha value is -2.77. The van der Waals surface area contributed by atoms with Crippen LogP contribution < -0.4 is 4.74 Å². The van der Waals surface area contributed by atoms with Crippen LogP contribution in [0.5, 0.6) is 11.5 Å². The van der Waals surface area contributed by atoms with Crippen molar-refractivity contribution in [1.82, 2.24) is 0 Å². The molecule has 0 unspecified atom stereocenters. The zero-order valence-corrected chi connectivity index (χ0v) is 12.5. The van der Waals surface area contributed by atoms with Crippen LogP contribution in [0.2, 0.25) is 5.02 Å². The lowest BCUT2D eigenvalue weighted by atomic mass is 9.93. The molecular weight excluding hydrogens is 316 g/mol. The van der Waals surface area contributed by atoms with Gasteiger partial charge in [-0.15, -0.1) is 0 Å². The van der Waals surface area contributed by atoms with Crippen LogP contribution in [0.25, 0.3) is 33.0 Å².